The topological polar surface area (TPSA) is 90.3 Å². The molecule has 10 nitrogen and oxygen atoms in total. The van der Waals surface area contributed by atoms with Gasteiger partial charge in [-0.05, 0) is 80.8 Å². The molecule has 0 spiro atoms. The Labute approximate surface area is 284 Å². The molecule has 3 aliphatic rings. The SMILES string of the molecule is COc1ccc(CCn2c(N3CCN(C)CC3)nc3cc(NC(=NC4CCC(C)(C)C[C@@H]4C)N4CCN[C@@H](C)C4)ccc3c2=O)c(F)c1. The first-order chi connectivity index (χ1) is 23.0. The van der Waals surface area contributed by atoms with Crippen LogP contribution < -0.4 is 25.8 Å². The summed E-state index contributed by atoms with van der Waals surface area (Å²) in [5.41, 5.74) is 2.29. The fraction of sp³-hybridized carbons (Fsp3) is 0.595. The van der Waals surface area contributed by atoms with Gasteiger partial charge in [0.1, 0.15) is 11.6 Å². The summed E-state index contributed by atoms with van der Waals surface area (Å²) >= 11 is 0. The molecule has 1 saturated carbocycles. The molecule has 3 heterocycles. The number of anilines is 2. The summed E-state index contributed by atoms with van der Waals surface area (Å²) < 4.78 is 21.8. The van der Waals surface area contributed by atoms with Crippen molar-refractivity contribution in [3.05, 3.63) is 58.1 Å². The molecular weight excluding hydrogens is 607 g/mol. The van der Waals surface area contributed by atoms with Crippen LogP contribution in [0.3, 0.4) is 0 Å². The van der Waals surface area contributed by atoms with E-state index in [2.05, 4.69) is 60.1 Å². The number of piperazine rings is 2. The molecule has 3 aromatic rings. The van der Waals surface area contributed by atoms with E-state index in [-0.39, 0.29) is 17.4 Å². The Morgan fingerprint density at radius 1 is 1.12 bits per heavy atom. The summed E-state index contributed by atoms with van der Waals surface area (Å²) in [6.45, 7) is 15.5. The Hall–Kier alpha value is -3.70. The summed E-state index contributed by atoms with van der Waals surface area (Å²) in [5, 5.41) is 7.78. The van der Waals surface area contributed by atoms with E-state index >= 15 is 0 Å². The molecule has 2 aromatic carbocycles. The van der Waals surface area contributed by atoms with Crippen molar-refractivity contribution in [2.75, 3.05) is 70.2 Å². The number of nitrogens with one attached hydrogen (secondary N) is 2. The monoisotopic (exact) mass is 660 g/mol. The van der Waals surface area contributed by atoms with Crippen LogP contribution >= 0.6 is 0 Å². The molecule has 1 aliphatic carbocycles. The van der Waals surface area contributed by atoms with Gasteiger partial charge in [0, 0.05) is 70.2 Å². The van der Waals surface area contributed by atoms with Crippen LogP contribution in [0.15, 0.2) is 46.2 Å². The Kier molecular flexibility index (Phi) is 10.3. The maximum absolute atomic E-state index is 14.9. The molecule has 260 valence electrons. The lowest BCUT2D eigenvalue weighted by atomic mass is 9.71. The molecule has 0 radical (unpaired) electrons. The summed E-state index contributed by atoms with van der Waals surface area (Å²) in [5.74, 6) is 2.17. The van der Waals surface area contributed by atoms with Crippen LogP contribution in [0.5, 0.6) is 5.75 Å². The molecule has 2 saturated heterocycles. The summed E-state index contributed by atoms with van der Waals surface area (Å²) in [6.07, 6.45) is 3.78. The van der Waals surface area contributed by atoms with E-state index in [0.29, 0.717) is 58.5 Å². The lowest BCUT2D eigenvalue weighted by Gasteiger charge is -2.39. The highest BCUT2D eigenvalue weighted by atomic mass is 19.1. The van der Waals surface area contributed by atoms with Crippen LogP contribution in [0.1, 0.15) is 52.5 Å². The predicted octanol–water partition coefficient (Wildman–Crippen LogP) is 4.82. The third kappa shape index (κ3) is 7.78. The van der Waals surface area contributed by atoms with E-state index in [4.69, 9.17) is 14.7 Å². The number of nitrogens with zero attached hydrogens (tertiary/aromatic N) is 6. The molecule has 1 aromatic heterocycles. The second-order valence-electron chi connectivity index (χ2n) is 14.9. The number of guanidine groups is 1. The summed E-state index contributed by atoms with van der Waals surface area (Å²) in [4.78, 5) is 31.5. The average molecular weight is 661 g/mol. The number of halogens is 1. The standard InChI is InChI=1S/C37H53FN8O2/c1-25-23-37(3,4)13-11-32(25)41-35(45-16-14-39-26(2)24-45)40-28-8-10-30-33(21-28)42-36(44-19-17-43(5)18-20-44)46(34(30)47)15-12-27-7-9-29(48-6)22-31(27)38/h7-10,21-22,25-26,32,39H,11-20,23-24H2,1-6H3,(H,40,41)/t25-,26-,32?/m0/s1. The van der Waals surface area contributed by atoms with E-state index < -0.39 is 0 Å². The Morgan fingerprint density at radius 3 is 2.62 bits per heavy atom. The smallest absolute Gasteiger partial charge is 0.262 e. The minimum absolute atomic E-state index is 0.113. The van der Waals surface area contributed by atoms with Gasteiger partial charge >= 0.3 is 0 Å². The van der Waals surface area contributed by atoms with Crippen molar-refractivity contribution < 1.29 is 9.13 Å². The largest absolute Gasteiger partial charge is 0.497 e. The quantitative estimate of drug-likeness (QED) is 0.276. The Morgan fingerprint density at radius 2 is 1.92 bits per heavy atom. The number of hydrogen-bond donors (Lipinski definition) is 2. The minimum atomic E-state index is -0.337. The van der Waals surface area contributed by atoms with Crippen LogP contribution in [-0.2, 0) is 13.0 Å². The normalized spacial score (nSPS) is 23.8. The molecule has 2 N–H and O–H groups in total. The maximum atomic E-state index is 14.9. The lowest BCUT2D eigenvalue weighted by Crippen LogP contribution is -2.53. The van der Waals surface area contributed by atoms with Crippen LogP contribution in [0, 0.1) is 17.2 Å². The van der Waals surface area contributed by atoms with Gasteiger partial charge in [-0.25, -0.2) is 14.4 Å². The number of benzene rings is 2. The highest BCUT2D eigenvalue weighted by Crippen LogP contribution is 2.40. The van der Waals surface area contributed by atoms with Crippen molar-refractivity contribution in [3.8, 4) is 5.75 Å². The van der Waals surface area contributed by atoms with Crippen LogP contribution in [0.25, 0.3) is 10.9 Å². The van der Waals surface area contributed by atoms with Gasteiger partial charge in [0.15, 0.2) is 5.96 Å². The van der Waals surface area contributed by atoms with Crippen LogP contribution in [-0.4, -0.2) is 97.4 Å². The molecule has 3 atom stereocenters. The van der Waals surface area contributed by atoms with Gasteiger partial charge in [-0.15, -0.1) is 0 Å². The van der Waals surface area contributed by atoms with Gasteiger partial charge in [-0.1, -0.05) is 26.8 Å². The molecule has 0 amide bonds. The maximum Gasteiger partial charge on any atom is 0.262 e. The van der Waals surface area contributed by atoms with E-state index in [0.717, 1.165) is 63.9 Å². The third-order valence-electron chi connectivity index (χ3n) is 10.4. The van der Waals surface area contributed by atoms with Crippen molar-refractivity contribution in [2.24, 2.45) is 16.3 Å². The molecular formula is C37H53FN8O2. The number of ether oxygens (including phenoxy) is 1. The van der Waals surface area contributed by atoms with Crippen molar-refractivity contribution in [1.82, 2.24) is 24.7 Å². The molecule has 0 bridgehead atoms. The van der Waals surface area contributed by atoms with E-state index in [1.165, 1.54) is 26.0 Å². The van der Waals surface area contributed by atoms with E-state index in [9.17, 15) is 9.18 Å². The lowest BCUT2D eigenvalue weighted by molar-refractivity contribution is 0.168. The zero-order valence-electron chi connectivity index (χ0n) is 29.6. The summed E-state index contributed by atoms with van der Waals surface area (Å²) in [6, 6.07) is 11.3. The van der Waals surface area contributed by atoms with Crippen molar-refractivity contribution in [1.29, 1.82) is 0 Å². The second kappa shape index (κ2) is 14.4. The Balaban J connectivity index is 1.33. The highest BCUT2D eigenvalue weighted by Gasteiger charge is 2.33. The minimum Gasteiger partial charge on any atom is -0.497 e. The molecule has 11 heteroatoms. The predicted molar refractivity (Wildman–Crippen MR) is 193 cm³/mol. The first-order valence-electron chi connectivity index (χ1n) is 17.6. The van der Waals surface area contributed by atoms with Gasteiger partial charge in [-0.2, -0.15) is 0 Å². The zero-order chi connectivity index (χ0) is 34.0. The number of likely N-dealkylation sites (N-methyl/N-ethyl adjacent to an activating group) is 1. The molecule has 2 aliphatic heterocycles. The van der Waals surface area contributed by atoms with Gasteiger partial charge in [-0.3, -0.25) is 9.36 Å². The number of aryl methyl sites for hydroxylation is 1. The van der Waals surface area contributed by atoms with Crippen molar-refractivity contribution in [3.63, 3.8) is 0 Å². The van der Waals surface area contributed by atoms with Crippen LogP contribution in [0.2, 0.25) is 0 Å². The van der Waals surface area contributed by atoms with E-state index in [1.54, 1.807) is 16.7 Å². The number of rotatable bonds is 7. The molecule has 48 heavy (non-hydrogen) atoms. The average Bonchev–Trinajstić information content (AvgIpc) is 3.05. The number of hydrogen-bond acceptors (Lipinski definition) is 7. The second-order valence-corrected chi connectivity index (χ2v) is 14.9. The highest BCUT2D eigenvalue weighted by molar-refractivity contribution is 5.96. The first-order valence-corrected chi connectivity index (χ1v) is 17.6. The molecule has 1 unspecified atom stereocenters. The van der Waals surface area contributed by atoms with Gasteiger partial charge in [0.2, 0.25) is 5.95 Å². The zero-order valence-corrected chi connectivity index (χ0v) is 29.6. The first kappa shape index (κ1) is 34.2. The van der Waals surface area contributed by atoms with E-state index in [1.807, 2.05) is 18.2 Å². The van der Waals surface area contributed by atoms with Crippen molar-refractivity contribution in [2.45, 2.75) is 72.0 Å². The summed E-state index contributed by atoms with van der Waals surface area (Å²) in [7, 11) is 3.63. The van der Waals surface area contributed by atoms with Gasteiger partial charge in [0.25, 0.3) is 5.56 Å². The number of methoxy groups -OCH3 is 1. The molecule has 6 rings (SSSR count). The number of aromatic nitrogens is 2. The number of aliphatic imine (C=N–C) groups is 1. The third-order valence-corrected chi connectivity index (χ3v) is 10.4. The fourth-order valence-corrected chi connectivity index (χ4v) is 7.55. The number of fused-ring (bicyclic) bond motifs is 1. The van der Waals surface area contributed by atoms with Gasteiger partial charge < -0.3 is 30.1 Å². The Bertz CT molecular complexity index is 1680. The van der Waals surface area contributed by atoms with Gasteiger partial charge in [0.05, 0.1) is 24.1 Å². The fourth-order valence-electron chi connectivity index (χ4n) is 7.55. The van der Waals surface area contributed by atoms with Crippen molar-refractivity contribution >= 4 is 28.5 Å². The van der Waals surface area contributed by atoms with Crippen LogP contribution in [0.4, 0.5) is 16.0 Å². The molecule has 3 fully saturated rings.